The first-order valence-corrected chi connectivity index (χ1v) is 4.97. The van der Waals surface area contributed by atoms with Gasteiger partial charge in [-0.05, 0) is 6.92 Å². The number of primary amides is 1. The Balaban J connectivity index is 3.65. The number of hydrogen-bond donors (Lipinski definition) is 3. The molecule has 4 N–H and O–H groups in total. The van der Waals surface area contributed by atoms with Gasteiger partial charge in [0, 0.05) is 0 Å². The zero-order valence-corrected chi connectivity index (χ0v) is 8.47. The number of hydrogen-bond acceptors (Lipinski definition) is 4. The minimum atomic E-state index is -0.981. The van der Waals surface area contributed by atoms with Crippen LogP contribution in [0.5, 0.6) is 0 Å². The molecule has 0 aromatic rings. The van der Waals surface area contributed by atoms with E-state index in [1.165, 1.54) is 6.92 Å². The highest BCUT2D eigenvalue weighted by Gasteiger charge is 2.12. The molecule has 0 radical (unpaired) electrons. The predicted octanol–water partition coefficient (Wildman–Crippen LogP) is -1.21. The molecule has 0 fully saturated rings. The van der Waals surface area contributed by atoms with Gasteiger partial charge in [-0.25, -0.2) is 0 Å². The third-order valence-corrected chi connectivity index (χ3v) is 2.18. The van der Waals surface area contributed by atoms with Crippen LogP contribution in [0.1, 0.15) is 6.92 Å². The summed E-state index contributed by atoms with van der Waals surface area (Å²) >= 11 is 0.959. The summed E-state index contributed by atoms with van der Waals surface area (Å²) in [5.41, 5.74) is 4.91. The SMILES string of the molecule is CC(NC(=O)CSCC(=O)O)C(N)=O. The highest BCUT2D eigenvalue weighted by atomic mass is 32.2. The summed E-state index contributed by atoms with van der Waals surface area (Å²) in [7, 11) is 0. The number of rotatable bonds is 6. The Hall–Kier alpha value is -1.24. The number of nitrogens with one attached hydrogen (secondary N) is 1. The van der Waals surface area contributed by atoms with Gasteiger partial charge in [-0.3, -0.25) is 14.4 Å². The lowest BCUT2D eigenvalue weighted by atomic mass is 10.3. The van der Waals surface area contributed by atoms with Gasteiger partial charge in [0.1, 0.15) is 6.04 Å². The molecule has 0 rings (SSSR count). The number of thioether (sulfide) groups is 1. The number of aliphatic carboxylic acids is 1. The van der Waals surface area contributed by atoms with Crippen LogP contribution < -0.4 is 11.1 Å². The van der Waals surface area contributed by atoms with Crippen LogP contribution in [0.3, 0.4) is 0 Å². The van der Waals surface area contributed by atoms with Crippen LogP contribution >= 0.6 is 11.8 Å². The van der Waals surface area contributed by atoms with Gasteiger partial charge in [0.2, 0.25) is 11.8 Å². The van der Waals surface area contributed by atoms with E-state index in [9.17, 15) is 14.4 Å². The van der Waals surface area contributed by atoms with E-state index in [0.29, 0.717) is 0 Å². The molecule has 0 saturated heterocycles. The highest BCUT2D eigenvalue weighted by Crippen LogP contribution is 1.98. The van der Waals surface area contributed by atoms with Crippen molar-refractivity contribution in [3.63, 3.8) is 0 Å². The molecule has 80 valence electrons. The average Bonchev–Trinajstić information content (AvgIpc) is 2.02. The second-order valence-electron chi connectivity index (χ2n) is 2.58. The molecular weight excluding hydrogens is 208 g/mol. The van der Waals surface area contributed by atoms with Gasteiger partial charge in [0.25, 0.3) is 0 Å². The maximum Gasteiger partial charge on any atom is 0.313 e. The van der Waals surface area contributed by atoms with Crippen molar-refractivity contribution in [3.8, 4) is 0 Å². The second kappa shape index (κ2) is 6.25. The monoisotopic (exact) mass is 220 g/mol. The number of carbonyl (C=O) groups is 3. The lowest BCUT2D eigenvalue weighted by Crippen LogP contribution is -2.43. The minimum Gasteiger partial charge on any atom is -0.481 e. The van der Waals surface area contributed by atoms with Crippen LogP contribution in [0, 0.1) is 0 Å². The molecule has 0 aliphatic heterocycles. The fraction of sp³-hybridized carbons (Fsp3) is 0.571. The van der Waals surface area contributed by atoms with Crippen LogP contribution in [0.2, 0.25) is 0 Å². The fourth-order valence-corrected chi connectivity index (χ4v) is 1.13. The van der Waals surface area contributed by atoms with Gasteiger partial charge in [0.15, 0.2) is 0 Å². The zero-order chi connectivity index (χ0) is 11.1. The zero-order valence-electron chi connectivity index (χ0n) is 7.65. The Morgan fingerprint density at radius 1 is 1.43 bits per heavy atom. The number of carboxylic acids is 1. The Kier molecular flexibility index (Phi) is 5.70. The molecule has 0 saturated carbocycles. The Morgan fingerprint density at radius 2 is 2.00 bits per heavy atom. The van der Waals surface area contributed by atoms with Crippen molar-refractivity contribution in [1.29, 1.82) is 0 Å². The molecule has 14 heavy (non-hydrogen) atoms. The van der Waals surface area contributed by atoms with E-state index in [0.717, 1.165) is 11.8 Å². The quantitative estimate of drug-likeness (QED) is 0.520. The van der Waals surface area contributed by atoms with E-state index in [4.69, 9.17) is 10.8 Å². The van der Waals surface area contributed by atoms with E-state index >= 15 is 0 Å². The molecule has 2 amide bonds. The van der Waals surface area contributed by atoms with Crippen molar-refractivity contribution in [3.05, 3.63) is 0 Å². The highest BCUT2D eigenvalue weighted by molar-refractivity contribution is 8.00. The van der Waals surface area contributed by atoms with Gasteiger partial charge >= 0.3 is 5.97 Å². The van der Waals surface area contributed by atoms with Gasteiger partial charge in [-0.1, -0.05) is 0 Å². The Bertz CT molecular complexity index is 244. The number of nitrogens with two attached hydrogens (primary N) is 1. The van der Waals surface area contributed by atoms with Crippen LogP contribution in [-0.2, 0) is 14.4 Å². The molecular formula is C7H12N2O4S. The molecule has 0 heterocycles. The predicted molar refractivity (Wildman–Crippen MR) is 51.8 cm³/mol. The van der Waals surface area contributed by atoms with Crippen LogP contribution in [0.25, 0.3) is 0 Å². The summed E-state index contributed by atoms with van der Waals surface area (Å²) < 4.78 is 0. The lowest BCUT2D eigenvalue weighted by molar-refractivity contribution is -0.133. The molecule has 1 atom stereocenters. The van der Waals surface area contributed by atoms with Crippen molar-refractivity contribution in [2.75, 3.05) is 11.5 Å². The van der Waals surface area contributed by atoms with Crippen molar-refractivity contribution in [2.24, 2.45) is 5.73 Å². The van der Waals surface area contributed by atoms with Crippen molar-refractivity contribution < 1.29 is 19.5 Å². The molecule has 0 aromatic heterocycles. The number of carboxylic acid groups (broad SMARTS) is 1. The molecule has 0 aliphatic rings. The summed E-state index contributed by atoms with van der Waals surface area (Å²) in [4.78, 5) is 31.6. The number of carbonyl (C=O) groups excluding carboxylic acids is 2. The maximum atomic E-state index is 11.0. The largest absolute Gasteiger partial charge is 0.481 e. The third kappa shape index (κ3) is 6.30. The molecule has 0 aromatic carbocycles. The van der Waals surface area contributed by atoms with Crippen molar-refractivity contribution in [1.82, 2.24) is 5.32 Å². The summed E-state index contributed by atoms with van der Waals surface area (Å²) in [6.07, 6.45) is 0. The molecule has 0 bridgehead atoms. The summed E-state index contributed by atoms with van der Waals surface area (Å²) in [6.45, 7) is 1.46. The molecule has 6 nitrogen and oxygen atoms in total. The Labute approximate surface area is 85.2 Å². The standard InChI is InChI=1S/C7H12N2O4S/c1-4(7(8)13)9-5(10)2-14-3-6(11)12/h4H,2-3H2,1H3,(H2,8,13)(H,9,10)(H,11,12). The normalized spacial score (nSPS) is 11.8. The maximum absolute atomic E-state index is 11.0. The van der Waals surface area contributed by atoms with Crippen LogP contribution in [0.15, 0.2) is 0 Å². The van der Waals surface area contributed by atoms with Gasteiger partial charge in [0.05, 0.1) is 11.5 Å². The fourth-order valence-electron chi connectivity index (χ4n) is 0.585. The average molecular weight is 220 g/mol. The first-order chi connectivity index (χ1) is 6.43. The smallest absolute Gasteiger partial charge is 0.313 e. The van der Waals surface area contributed by atoms with E-state index in [-0.39, 0.29) is 11.5 Å². The van der Waals surface area contributed by atoms with E-state index in [1.807, 2.05) is 0 Å². The van der Waals surface area contributed by atoms with E-state index in [1.54, 1.807) is 0 Å². The minimum absolute atomic E-state index is 0.00389. The van der Waals surface area contributed by atoms with Crippen LogP contribution in [-0.4, -0.2) is 40.4 Å². The Morgan fingerprint density at radius 3 is 2.43 bits per heavy atom. The first-order valence-electron chi connectivity index (χ1n) is 3.81. The van der Waals surface area contributed by atoms with Gasteiger partial charge in [-0.15, -0.1) is 11.8 Å². The molecule has 0 aliphatic carbocycles. The number of amides is 2. The summed E-state index contributed by atoms with van der Waals surface area (Å²) in [5.74, 6) is -2.14. The molecule has 1 unspecified atom stereocenters. The lowest BCUT2D eigenvalue weighted by Gasteiger charge is -2.08. The molecule has 0 spiro atoms. The van der Waals surface area contributed by atoms with Gasteiger partial charge in [-0.2, -0.15) is 0 Å². The summed E-state index contributed by atoms with van der Waals surface area (Å²) in [5, 5.41) is 10.6. The van der Waals surface area contributed by atoms with Crippen molar-refractivity contribution in [2.45, 2.75) is 13.0 Å². The van der Waals surface area contributed by atoms with Crippen molar-refractivity contribution >= 4 is 29.5 Å². The first kappa shape index (κ1) is 12.8. The van der Waals surface area contributed by atoms with Crippen LogP contribution in [0.4, 0.5) is 0 Å². The van der Waals surface area contributed by atoms with E-state index < -0.39 is 23.8 Å². The summed E-state index contributed by atoms with van der Waals surface area (Å²) in [6, 6.07) is -0.729. The second-order valence-corrected chi connectivity index (χ2v) is 3.56. The third-order valence-electron chi connectivity index (χ3n) is 1.26. The van der Waals surface area contributed by atoms with Gasteiger partial charge < -0.3 is 16.2 Å². The topological polar surface area (TPSA) is 109 Å². The molecule has 7 heteroatoms. The van der Waals surface area contributed by atoms with E-state index in [2.05, 4.69) is 5.32 Å².